The molecule has 4 aromatic rings. The number of halogens is 6. The zero-order valence-corrected chi connectivity index (χ0v) is 53.7. The van der Waals surface area contributed by atoms with Crippen LogP contribution in [0.4, 0.5) is 4.79 Å². The zero-order chi connectivity index (χ0) is 63.2. The van der Waals surface area contributed by atoms with Crippen LogP contribution in [0.2, 0.25) is 0 Å². The van der Waals surface area contributed by atoms with E-state index in [1.54, 1.807) is 69.2 Å². The average molecular weight is 1290 g/mol. The Morgan fingerprint density at radius 2 is 0.786 bits per heavy atom. The van der Waals surface area contributed by atoms with E-state index in [4.69, 9.17) is 126 Å². The number of Topliss-reactive ketones (excluding diaryl/α,β-unsaturated/α-hetero) is 1. The second-order valence-corrected chi connectivity index (χ2v) is 25.9. The summed E-state index contributed by atoms with van der Waals surface area (Å²) in [4.78, 5) is 100.0. The van der Waals surface area contributed by atoms with Crippen molar-refractivity contribution in [2.24, 2.45) is 5.41 Å². The minimum atomic E-state index is -2.26. The van der Waals surface area contributed by atoms with Crippen molar-refractivity contribution in [2.45, 2.75) is 122 Å². The van der Waals surface area contributed by atoms with Gasteiger partial charge < -0.3 is 56.8 Å². The number of fused-ring (bicyclic) bond motifs is 1. The molecule has 2 heterocycles. The molecule has 1 fully saturated rings. The predicted octanol–water partition coefficient (Wildman–Crippen LogP) is 12.7. The normalized spacial score (nSPS) is 19.0. The van der Waals surface area contributed by atoms with Crippen LogP contribution in [0.25, 0.3) is 0 Å². The smallest absolute Gasteiger partial charge is 0.495 e. The van der Waals surface area contributed by atoms with E-state index < -0.39 is 85.0 Å². The highest BCUT2D eigenvalue weighted by molar-refractivity contribution is 6.68. The van der Waals surface area contributed by atoms with Crippen molar-refractivity contribution in [1.29, 1.82) is 0 Å². The number of ether oxygens (including phenoxy) is 12. The number of methoxy groups -OCH3 is 4. The molecule has 0 amide bonds. The number of carbonyl (C=O) groups is 7. The van der Waals surface area contributed by atoms with Gasteiger partial charge in [-0.2, -0.15) is 0 Å². The fraction of sp³-hybridized carbons (Fsp3) is 0.441. The molecule has 7 rings (SSSR count). The molecule has 3 atom stereocenters. The van der Waals surface area contributed by atoms with Gasteiger partial charge in [0, 0.05) is 22.3 Å². The highest BCUT2D eigenvalue weighted by atomic mass is 35.6. The Morgan fingerprint density at radius 3 is 1.15 bits per heavy atom. The first-order valence-electron chi connectivity index (χ1n) is 25.6. The first-order valence-corrected chi connectivity index (χ1v) is 27.9. The van der Waals surface area contributed by atoms with E-state index in [0.29, 0.717) is 22.3 Å². The molecule has 1 spiro atoms. The molecular formula is C59H60Cl6O19. The third-order valence-electron chi connectivity index (χ3n) is 16.2. The third kappa shape index (κ3) is 10.6. The maximum Gasteiger partial charge on any atom is 0.512 e. The van der Waals surface area contributed by atoms with Gasteiger partial charge in [-0.3, -0.25) is 4.79 Å². The molecule has 1 aliphatic carbocycles. The van der Waals surface area contributed by atoms with E-state index in [-0.39, 0.29) is 125 Å². The summed E-state index contributed by atoms with van der Waals surface area (Å²) in [5, 5.41) is 0. The summed E-state index contributed by atoms with van der Waals surface area (Å²) >= 11 is 35.0. The fourth-order valence-electron chi connectivity index (χ4n) is 11.4. The molecule has 1 saturated heterocycles. The Labute approximate surface area is 514 Å². The van der Waals surface area contributed by atoms with Crippen molar-refractivity contribution in [3.63, 3.8) is 0 Å². The van der Waals surface area contributed by atoms with Crippen LogP contribution in [0.1, 0.15) is 129 Å². The maximum absolute atomic E-state index is 15.6. The molecule has 0 unspecified atom stereocenters. The lowest BCUT2D eigenvalue weighted by Crippen LogP contribution is -2.72. The van der Waals surface area contributed by atoms with Crippen molar-refractivity contribution in [2.75, 3.05) is 41.7 Å². The summed E-state index contributed by atoms with van der Waals surface area (Å²) in [5.74, 6) is -7.64. The number of rotatable bonds is 14. The Kier molecular flexibility index (Phi) is 18.0. The highest BCUT2D eigenvalue weighted by Crippen LogP contribution is 2.63. The molecule has 0 N–H and O–H groups in total. The predicted molar refractivity (Wildman–Crippen MR) is 310 cm³/mol. The molecule has 3 aliphatic rings. The number of esters is 5. The van der Waals surface area contributed by atoms with E-state index in [1.807, 2.05) is 0 Å². The second kappa shape index (κ2) is 23.2. The summed E-state index contributed by atoms with van der Waals surface area (Å²) in [6.45, 7) is 20.7. The van der Waals surface area contributed by atoms with Gasteiger partial charge in [0.2, 0.25) is 13.2 Å². The van der Waals surface area contributed by atoms with Crippen molar-refractivity contribution in [1.82, 2.24) is 0 Å². The molecule has 0 bridgehead atoms. The molecule has 2 aliphatic heterocycles. The lowest BCUT2D eigenvalue weighted by Gasteiger charge is -2.54. The quantitative estimate of drug-likeness (QED) is 0.0375. The topological polar surface area (TPSA) is 230 Å². The highest BCUT2D eigenvalue weighted by Gasteiger charge is 2.79. The molecule has 0 saturated carbocycles. The SMILES string of the molecule is COc1c(C)c(OC(=O)C2=C(C)[C@@]3(C)OC(=O)O[C@]34Oc3c(C)c(OC)c(C(=O)Oc5c(C)c(C)c(C(=O)OCC(Cl)(Cl)Cl)c(OC)c5C)c(C)c3C[C@@]4(C)C2=O)c(C)c(C)c1C(=O)Oc1c(C)c(C)c(C(=O)OCC(Cl)(Cl)Cl)c(OC)c1C. The van der Waals surface area contributed by atoms with Crippen molar-refractivity contribution in [3.05, 3.63) is 100 Å². The third-order valence-corrected chi connectivity index (χ3v) is 16.8. The number of hydrogen-bond donors (Lipinski definition) is 0. The molecule has 84 heavy (non-hydrogen) atoms. The van der Waals surface area contributed by atoms with Crippen LogP contribution in [0.15, 0.2) is 11.1 Å². The van der Waals surface area contributed by atoms with Gasteiger partial charge in [0.05, 0.1) is 28.4 Å². The van der Waals surface area contributed by atoms with E-state index >= 15 is 4.79 Å². The van der Waals surface area contributed by atoms with Crippen molar-refractivity contribution >= 4 is 111 Å². The number of hydrogen-bond acceptors (Lipinski definition) is 19. The molecular weight excluding hydrogens is 1230 g/mol. The number of benzene rings is 4. The van der Waals surface area contributed by atoms with Crippen LogP contribution in [0.3, 0.4) is 0 Å². The minimum Gasteiger partial charge on any atom is -0.495 e. The molecule has 0 aromatic heterocycles. The Balaban J connectivity index is 1.27. The average Bonchev–Trinajstić information content (AvgIpc) is 1.97. The summed E-state index contributed by atoms with van der Waals surface area (Å²) in [6.07, 6.45) is -1.53. The van der Waals surface area contributed by atoms with Crippen LogP contribution < -0.4 is 37.9 Å². The van der Waals surface area contributed by atoms with E-state index in [2.05, 4.69) is 0 Å². The Bertz CT molecular complexity index is 3610. The van der Waals surface area contributed by atoms with Gasteiger partial charge in [-0.1, -0.05) is 69.6 Å². The number of ketones is 1. The lowest BCUT2D eigenvalue weighted by molar-refractivity contribution is -0.244. The van der Waals surface area contributed by atoms with E-state index in [0.717, 1.165) is 0 Å². The number of carbonyl (C=O) groups excluding carboxylic acids is 7. The first kappa shape index (κ1) is 65.2. The van der Waals surface area contributed by atoms with Gasteiger partial charge in [-0.15, -0.1) is 0 Å². The molecule has 4 aromatic carbocycles. The summed E-state index contributed by atoms with van der Waals surface area (Å²) < 4.78 is 66.9. The van der Waals surface area contributed by atoms with Crippen LogP contribution in [0, 0.1) is 81.6 Å². The fourth-order valence-corrected chi connectivity index (χ4v) is 11.8. The van der Waals surface area contributed by atoms with Crippen LogP contribution in [-0.2, 0) is 35.0 Å². The monoisotopic (exact) mass is 1280 g/mol. The van der Waals surface area contributed by atoms with E-state index in [9.17, 15) is 28.8 Å². The summed E-state index contributed by atoms with van der Waals surface area (Å²) in [6, 6.07) is 0. The maximum atomic E-state index is 15.6. The van der Waals surface area contributed by atoms with Crippen molar-refractivity contribution < 1.29 is 90.4 Å². The summed E-state index contributed by atoms with van der Waals surface area (Å²) in [5.41, 5.74) is -1.26. The molecule has 25 heteroatoms. The Morgan fingerprint density at radius 1 is 0.440 bits per heavy atom. The van der Waals surface area contributed by atoms with Gasteiger partial charge in [0.15, 0.2) is 5.78 Å². The zero-order valence-electron chi connectivity index (χ0n) is 49.1. The van der Waals surface area contributed by atoms with Gasteiger partial charge in [-0.25, -0.2) is 28.8 Å². The van der Waals surface area contributed by atoms with Crippen LogP contribution in [0.5, 0.6) is 46.0 Å². The molecule has 0 radical (unpaired) electrons. The van der Waals surface area contributed by atoms with Gasteiger partial charge in [0.25, 0.3) is 0 Å². The lowest BCUT2D eigenvalue weighted by atomic mass is 9.57. The van der Waals surface area contributed by atoms with Crippen LogP contribution in [-0.4, -0.2) is 102 Å². The summed E-state index contributed by atoms with van der Waals surface area (Å²) in [7, 11) is 5.27. The van der Waals surface area contributed by atoms with Crippen LogP contribution >= 0.6 is 69.6 Å². The van der Waals surface area contributed by atoms with Crippen molar-refractivity contribution in [3.8, 4) is 46.0 Å². The molecule has 19 nitrogen and oxygen atoms in total. The standard InChI is InChI=1S/C59H60Cl6O19/c1-22-25(4)40(29(8)44(73-15)35(22)49(67)77-20-57(60,61)62)79-51(69)37-24(3)27(6)42(31(10)46(37)75-17)81-53(71)39-33(12)56(14)59(84-54(72)83-56)55(13,48(39)66)19-34-28(7)38(47(76-18)32(11)43(34)82-59)52(70)80-41-26(5)23(2)36(45(74-16)30(41)9)50(68)78-21-58(63,64)65/h19-21H2,1-18H3/t55-,56+,59-/m0/s1. The molecule has 452 valence electrons. The largest absolute Gasteiger partial charge is 0.512 e. The second-order valence-electron chi connectivity index (χ2n) is 20.9. The van der Waals surface area contributed by atoms with Gasteiger partial charge in [0.1, 0.15) is 92.5 Å². The van der Waals surface area contributed by atoms with Gasteiger partial charge >= 0.3 is 41.8 Å². The van der Waals surface area contributed by atoms with Gasteiger partial charge in [-0.05, 0) is 153 Å². The number of alkyl halides is 6. The Hall–Kier alpha value is -6.35. The van der Waals surface area contributed by atoms with E-state index in [1.165, 1.54) is 56.1 Å². The first-order chi connectivity index (χ1) is 38.9. The minimum absolute atomic E-state index is 0.00989.